The zero-order chi connectivity index (χ0) is 13.5. The number of piperidine rings is 1. The van der Waals surface area contributed by atoms with Crippen molar-refractivity contribution >= 4 is 11.8 Å². The maximum absolute atomic E-state index is 11.7. The van der Waals surface area contributed by atoms with Crippen LogP contribution in [0.2, 0.25) is 0 Å². The van der Waals surface area contributed by atoms with E-state index in [1.807, 2.05) is 0 Å². The van der Waals surface area contributed by atoms with E-state index in [2.05, 4.69) is 10.6 Å². The van der Waals surface area contributed by atoms with Crippen LogP contribution in [-0.4, -0.2) is 49.9 Å². The van der Waals surface area contributed by atoms with E-state index in [0.29, 0.717) is 12.3 Å². The molecule has 1 saturated heterocycles. The molecule has 104 valence electrons. The van der Waals surface area contributed by atoms with Crippen molar-refractivity contribution in [1.82, 2.24) is 15.5 Å². The minimum atomic E-state index is -0.433. The van der Waals surface area contributed by atoms with Crippen molar-refractivity contribution in [2.24, 2.45) is 5.92 Å². The molecule has 2 unspecified atom stereocenters. The van der Waals surface area contributed by atoms with E-state index in [-0.39, 0.29) is 11.8 Å². The van der Waals surface area contributed by atoms with Gasteiger partial charge in [-0.25, -0.2) is 0 Å². The molecule has 1 aliphatic heterocycles. The number of nitrogens with zero attached hydrogens (tertiary/aromatic N) is 1. The molecule has 0 radical (unpaired) electrons. The maximum Gasteiger partial charge on any atom is 0.244 e. The molecular formula is C13H25N3O2. The first-order valence-corrected chi connectivity index (χ1v) is 6.72. The predicted molar refractivity (Wildman–Crippen MR) is 71.1 cm³/mol. The largest absolute Gasteiger partial charge is 0.347 e. The molecule has 2 amide bonds. The van der Waals surface area contributed by atoms with Crippen LogP contribution in [0.1, 0.15) is 32.6 Å². The summed E-state index contributed by atoms with van der Waals surface area (Å²) in [6.45, 7) is 3.83. The third-order valence-electron chi connectivity index (χ3n) is 3.37. The summed E-state index contributed by atoms with van der Waals surface area (Å²) in [6.07, 6.45) is 3.81. The maximum atomic E-state index is 11.7. The second-order valence-corrected chi connectivity index (χ2v) is 5.27. The molecule has 1 fully saturated rings. The Hall–Kier alpha value is -1.10. The van der Waals surface area contributed by atoms with Crippen LogP contribution in [0.4, 0.5) is 0 Å². The minimum Gasteiger partial charge on any atom is -0.347 e. The zero-order valence-electron chi connectivity index (χ0n) is 11.7. The SMILES string of the molecule is CC(NC(=O)CCC1CCCNC1)C(=O)N(C)C. The van der Waals surface area contributed by atoms with Crippen molar-refractivity contribution in [3.63, 3.8) is 0 Å². The van der Waals surface area contributed by atoms with Gasteiger partial charge in [-0.05, 0) is 45.2 Å². The molecule has 0 bridgehead atoms. The summed E-state index contributed by atoms with van der Waals surface area (Å²) in [5.74, 6) is 0.510. The van der Waals surface area contributed by atoms with Gasteiger partial charge in [-0.2, -0.15) is 0 Å². The lowest BCUT2D eigenvalue weighted by Crippen LogP contribution is -2.44. The van der Waals surface area contributed by atoms with E-state index in [0.717, 1.165) is 19.5 Å². The summed E-state index contributed by atoms with van der Waals surface area (Å²) in [5, 5.41) is 6.09. The van der Waals surface area contributed by atoms with Crippen LogP contribution in [-0.2, 0) is 9.59 Å². The number of likely N-dealkylation sites (N-methyl/N-ethyl adjacent to an activating group) is 1. The van der Waals surface area contributed by atoms with Gasteiger partial charge in [0.15, 0.2) is 0 Å². The average Bonchev–Trinajstić information content (AvgIpc) is 2.36. The molecule has 2 N–H and O–H groups in total. The van der Waals surface area contributed by atoms with Gasteiger partial charge in [-0.1, -0.05) is 0 Å². The van der Waals surface area contributed by atoms with Crippen molar-refractivity contribution in [2.75, 3.05) is 27.2 Å². The van der Waals surface area contributed by atoms with Gasteiger partial charge in [-0.3, -0.25) is 9.59 Å². The van der Waals surface area contributed by atoms with Gasteiger partial charge in [0.2, 0.25) is 11.8 Å². The molecule has 0 aromatic rings. The van der Waals surface area contributed by atoms with Gasteiger partial charge in [0, 0.05) is 20.5 Å². The van der Waals surface area contributed by atoms with Crippen LogP contribution < -0.4 is 10.6 Å². The Morgan fingerprint density at radius 2 is 2.17 bits per heavy atom. The van der Waals surface area contributed by atoms with Crippen molar-refractivity contribution in [3.8, 4) is 0 Å². The predicted octanol–water partition coefficient (Wildman–Crippen LogP) is 0.359. The van der Waals surface area contributed by atoms with Gasteiger partial charge in [0.1, 0.15) is 6.04 Å². The third kappa shape index (κ3) is 5.04. The van der Waals surface area contributed by atoms with Crippen LogP contribution in [0.3, 0.4) is 0 Å². The number of carbonyl (C=O) groups excluding carboxylic acids is 2. The summed E-state index contributed by atoms with van der Waals surface area (Å²) >= 11 is 0. The van der Waals surface area contributed by atoms with Crippen molar-refractivity contribution in [1.29, 1.82) is 0 Å². The highest BCUT2D eigenvalue weighted by atomic mass is 16.2. The molecule has 0 aromatic carbocycles. The van der Waals surface area contributed by atoms with Gasteiger partial charge in [0.25, 0.3) is 0 Å². The third-order valence-corrected chi connectivity index (χ3v) is 3.37. The summed E-state index contributed by atoms with van der Waals surface area (Å²) in [6, 6.07) is -0.433. The normalized spacial score (nSPS) is 21.2. The molecule has 1 heterocycles. The second kappa shape index (κ2) is 7.36. The number of carbonyl (C=O) groups is 2. The van der Waals surface area contributed by atoms with Gasteiger partial charge in [0.05, 0.1) is 0 Å². The standard InChI is InChI=1S/C13H25N3O2/c1-10(13(18)16(2)3)15-12(17)7-6-11-5-4-8-14-9-11/h10-11,14H,4-9H2,1-3H3,(H,15,17). The summed E-state index contributed by atoms with van der Waals surface area (Å²) in [7, 11) is 3.39. The first kappa shape index (κ1) is 15.0. The summed E-state index contributed by atoms with van der Waals surface area (Å²) in [4.78, 5) is 24.8. The first-order chi connectivity index (χ1) is 8.50. The Morgan fingerprint density at radius 1 is 1.44 bits per heavy atom. The number of hydrogen-bond donors (Lipinski definition) is 2. The van der Waals surface area contributed by atoms with E-state index in [9.17, 15) is 9.59 Å². The van der Waals surface area contributed by atoms with Crippen molar-refractivity contribution < 1.29 is 9.59 Å². The highest BCUT2D eigenvalue weighted by Gasteiger charge is 2.18. The Labute approximate surface area is 109 Å². The van der Waals surface area contributed by atoms with Crippen molar-refractivity contribution in [2.45, 2.75) is 38.6 Å². The van der Waals surface area contributed by atoms with E-state index >= 15 is 0 Å². The minimum absolute atomic E-state index is 0.0247. The molecule has 0 aromatic heterocycles. The highest BCUT2D eigenvalue weighted by molar-refractivity contribution is 5.86. The summed E-state index contributed by atoms with van der Waals surface area (Å²) < 4.78 is 0. The molecular weight excluding hydrogens is 230 g/mol. The van der Waals surface area contributed by atoms with Crippen molar-refractivity contribution in [3.05, 3.63) is 0 Å². The van der Waals surface area contributed by atoms with E-state index in [4.69, 9.17) is 0 Å². The molecule has 1 aliphatic rings. The van der Waals surface area contributed by atoms with Crippen LogP contribution in [0.5, 0.6) is 0 Å². The van der Waals surface area contributed by atoms with Crippen LogP contribution in [0.25, 0.3) is 0 Å². The fourth-order valence-electron chi connectivity index (χ4n) is 2.27. The number of hydrogen-bond acceptors (Lipinski definition) is 3. The van der Waals surface area contributed by atoms with Crippen LogP contribution in [0, 0.1) is 5.92 Å². The number of nitrogens with one attached hydrogen (secondary N) is 2. The molecule has 0 spiro atoms. The van der Waals surface area contributed by atoms with E-state index in [1.54, 1.807) is 21.0 Å². The monoisotopic (exact) mass is 255 g/mol. The summed E-state index contributed by atoms with van der Waals surface area (Å²) in [5.41, 5.74) is 0. The highest BCUT2D eigenvalue weighted by Crippen LogP contribution is 2.15. The Bertz CT molecular complexity index is 286. The smallest absolute Gasteiger partial charge is 0.244 e. The number of amides is 2. The van der Waals surface area contributed by atoms with E-state index in [1.165, 1.54) is 17.7 Å². The lowest BCUT2D eigenvalue weighted by atomic mass is 9.94. The van der Waals surface area contributed by atoms with Crippen LogP contribution >= 0.6 is 0 Å². The average molecular weight is 255 g/mol. The molecule has 0 aliphatic carbocycles. The van der Waals surface area contributed by atoms with Gasteiger partial charge >= 0.3 is 0 Å². The topological polar surface area (TPSA) is 61.4 Å². The van der Waals surface area contributed by atoms with E-state index < -0.39 is 6.04 Å². The lowest BCUT2D eigenvalue weighted by molar-refractivity contribution is -0.134. The molecule has 0 saturated carbocycles. The molecule has 5 nitrogen and oxygen atoms in total. The Kier molecular flexibility index (Phi) is 6.12. The number of rotatable bonds is 5. The van der Waals surface area contributed by atoms with Gasteiger partial charge < -0.3 is 15.5 Å². The fraction of sp³-hybridized carbons (Fsp3) is 0.846. The Balaban J connectivity index is 2.22. The lowest BCUT2D eigenvalue weighted by Gasteiger charge is -2.23. The molecule has 1 rings (SSSR count). The van der Waals surface area contributed by atoms with Gasteiger partial charge in [-0.15, -0.1) is 0 Å². The zero-order valence-corrected chi connectivity index (χ0v) is 11.7. The molecule has 5 heteroatoms. The van der Waals surface area contributed by atoms with Crippen LogP contribution in [0.15, 0.2) is 0 Å². The molecule has 18 heavy (non-hydrogen) atoms. The second-order valence-electron chi connectivity index (χ2n) is 5.27. The molecule has 2 atom stereocenters. The quantitative estimate of drug-likeness (QED) is 0.745. The Morgan fingerprint density at radius 3 is 2.72 bits per heavy atom. The fourth-order valence-corrected chi connectivity index (χ4v) is 2.27. The first-order valence-electron chi connectivity index (χ1n) is 6.72.